The molecule has 0 atom stereocenters. The Hall–Kier alpha value is -0.740. The molecule has 0 aromatic heterocycles. The molecule has 0 aliphatic heterocycles. The molecule has 0 aliphatic carbocycles. The van der Waals surface area contributed by atoms with Crippen LogP contribution in [0.25, 0.3) is 0 Å². The summed E-state index contributed by atoms with van der Waals surface area (Å²) >= 11 is 9.24. The molecule has 2 N–H and O–H groups in total. The highest BCUT2D eigenvalue weighted by molar-refractivity contribution is 9.10. The van der Waals surface area contributed by atoms with Gasteiger partial charge in [-0.2, -0.15) is 0 Å². The number of halogens is 2. The van der Waals surface area contributed by atoms with Crippen molar-refractivity contribution in [1.29, 1.82) is 0 Å². The minimum absolute atomic E-state index is 0.134. The number of anilines is 1. The van der Waals surface area contributed by atoms with Crippen LogP contribution < -0.4 is 10.6 Å². The van der Waals surface area contributed by atoms with Gasteiger partial charge in [-0.25, -0.2) is 0 Å². The normalized spacial score (nSPS) is 9.87. The number of amides is 1. The molecular formula is C10H12BrClN2O. The third-order valence-corrected chi connectivity index (χ3v) is 2.73. The SMILES string of the molecule is CCNC(=O)c1cc(Cl)cc(Br)c1NC. The van der Waals surface area contributed by atoms with Gasteiger partial charge in [-0.05, 0) is 35.0 Å². The van der Waals surface area contributed by atoms with E-state index in [4.69, 9.17) is 11.6 Å². The summed E-state index contributed by atoms with van der Waals surface area (Å²) in [6.07, 6.45) is 0. The molecule has 0 fully saturated rings. The predicted molar refractivity (Wildman–Crippen MR) is 66.7 cm³/mol. The fourth-order valence-electron chi connectivity index (χ4n) is 1.26. The Balaban J connectivity index is 3.20. The van der Waals surface area contributed by atoms with Gasteiger partial charge in [-0.3, -0.25) is 4.79 Å². The maximum Gasteiger partial charge on any atom is 0.253 e. The van der Waals surface area contributed by atoms with E-state index in [0.29, 0.717) is 17.1 Å². The third-order valence-electron chi connectivity index (χ3n) is 1.89. The van der Waals surface area contributed by atoms with E-state index in [1.165, 1.54) is 0 Å². The van der Waals surface area contributed by atoms with E-state index in [1.54, 1.807) is 19.2 Å². The molecule has 1 aromatic carbocycles. The minimum Gasteiger partial charge on any atom is -0.387 e. The van der Waals surface area contributed by atoms with Crippen molar-refractivity contribution >= 4 is 39.1 Å². The first kappa shape index (κ1) is 12.3. The van der Waals surface area contributed by atoms with Crippen LogP contribution in [0.5, 0.6) is 0 Å². The van der Waals surface area contributed by atoms with Gasteiger partial charge in [0.15, 0.2) is 0 Å². The van der Waals surface area contributed by atoms with Crippen LogP contribution in [0, 0.1) is 0 Å². The lowest BCUT2D eigenvalue weighted by Gasteiger charge is -2.11. The van der Waals surface area contributed by atoms with Crippen LogP contribution in [0.2, 0.25) is 5.02 Å². The molecule has 15 heavy (non-hydrogen) atoms. The van der Waals surface area contributed by atoms with Crippen molar-refractivity contribution in [2.45, 2.75) is 6.92 Å². The Morgan fingerprint density at radius 3 is 2.73 bits per heavy atom. The van der Waals surface area contributed by atoms with Gasteiger partial charge in [0, 0.05) is 23.1 Å². The lowest BCUT2D eigenvalue weighted by atomic mass is 10.1. The molecule has 82 valence electrons. The molecule has 0 saturated heterocycles. The standard InChI is InChI=1S/C10H12BrClN2O/c1-3-14-10(15)7-4-6(12)5-8(11)9(7)13-2/h4-5,13H,3H2,1-2H3,(H,14,15). The Bertz CT molecular complexity index is 382. The molecular weight excluding hydrogens is 279 g/mol. The zero-order valence-corrected chi connectivity index (χ0v) is 10.9. The fraction of sp³-hybridized carbons (Fsp3) is 0.300. The largest absolute Gasteiger partial charge is 0.387 e. The van der Waals surface area contributed by atoms with Crippen LogP contribution >= 0.6 is 27.5 Å². The number of rotatable bonds is 3. The summed E-state index contributed by atoms with van der Waals surface area (Å²) < 4.78 is 0.777. The zero-order valence-electron chi connectivity index (χ0n) is 8.53. The number of carbonyl (C=O) groups is 1. The fourth-order valence-corrected chi connectivity index (χ4v) is 2.27. The summed E-state index contributed by atoms with van der Waals surface area (Å²) in [6, 6.07) is 3.39. The summed E-state index contributed by atoms with van der Waals surface area (Å²) in [5, 5.41) is 6.23. The van der Waals surface area contributed by atoms with Crippen molar-refractivity contribution in [3.63, 3.8) is 0 Å². The van der Waals surface area contributed by atoms with Crippen LogP contribution in [0.15, 0.2) is 16.6 Å². The van der Waals surface area contributed by atoms with Crippen LogP contribution in [0.3, 0.4) is 0 Å². The number of benzene rings is 1. The molecule has 1 amide bonds. The first-order valence-electron chi connectivity index (χ1n) is 4.55. The van der Waals surface area contributed by atoms with Crippen LogP contribution in [0.1, 0.15) is 17.3 Å². The van der Waals surface area contributed by atoms with Crippen LogP contribution in [-0.4, -0.2) is 19.5 Å². The highest BCUT2D eigenvalue weighted by Gasteiger charge is 2.13. The van der Waals surface area contributed by atoms with Gasteiger partial charge in [0.05, 0.1) is 11.3 Å². The number of nitrogens with one attached hydrogen (secondary N) is 2. The third kappa shape index (κ3) is 2.86. The average molecular weight is 292 g/mol. The highest BCUT2D eigenvalue weighted by atomic mass is 79.9. The lowest BCUT2D eigenvalue weighted by Crippen LogP contribution is -2.23. The molecule has 0 spiro atoms. The van der Waals surface area contributed by atoms with Crippen molar-refractivity contribution in [1.82, 2.24) is 5.32 Å². The van der Waals surface area contributed by atoms with Gasteiger partial charge >= 0.3 is 0 Å². The first-order valence-corrected chi connectivity index (χ1v) is 5.72. The molecule has 1 rings (SSSR count). The Morgan fingerprint density at radius 1 is 1.53 bits per heavy atom. The maximum absolute atomic E-state index is 11.7. The molecule has 0 aliphatic rings. The van der Waals surface area contributed by atoms with Gasteiger partial charge < -0.3 is 10.6 Å². The summed E-state index contributed by atoms with van der Waals surface area (Å²) in [5.41, 5.74) is 1.28. The average Bonchev–Trinajstić information content (AvgIpc) is 2.17. The smallest absolute Gasteiger partial charge is 0.253 e. The zero-order chi connectivity index (χ0) is 11.4. The van der Waals surface area contributed by atoms with E-state index in [9.17, 15) is 4.79 Å². The Labute approximate surface area is 102 Å². The Morgan fingerprint density at radius 2 is 2.20 bits per heavy atom. The molecule has 0 radical (unpaired) electrons. The topological polar surface area (TPSA) is 41.1 Å². The number of hydrogen-bond acceptors (Lipinski definition) is 2. The second-order valence-corrected chi connectivity index (χ2v) is 4.21. The van der Waals surface area contributed by atoms with Gasteiger partial charge in [0.1, 0.15) is 0 Å². The van der Waals surface area contributed by atoms with Crippen molar-refractivity contribution in [3.05, 3.63) is 27.2 Å². The van der Waals surface area contributed by atoms with Crippen molar-refractivity contribution in [2.24, 2.45) is 0 Å². The van der Waals surface area contributed by atoms with Crippen molar-refractivity contribution in [2.75, 3.05) is 18.9 Å². The summed E-state index contributed by atoms with van der Waals surface area (Å²) in [4.78, 5) is 11.7. The van der Waals surface area contributed by atoms with E-state index in [1.807, 2.05) is 6.92 Å². The molecule has 0 saturated carbocycles. The summed E-state index contributed by atoms with van der Waals surface area (Å²) in [5.74, 6) is -0.134. The monoisotopic (exact) mass is 290 g/mol. The van der Waals surface area contributed by atoms with E-state index in [-0.39, 0.29) is 5.91 Å². The van der Waals surface area contributed by atoms with Crippen molar-refractivity contribution < 1.29 is 4.79 Å². The molecule has 5 heteroatoms. The van der Waals surface area contributed by atoms with Gasteiger partial charge in [-0.1, -0.05) is 11.6 Å². The minimum atomic E-state index is -0.134. The van der Waals surface area contributed by atoms with Crippen LogP contribution in [-0.2, 0) is 0 Å². The molecule has 1 aromatic rings. The highest BCUT2D eigenvalue weighted by Crippen LogP contribution is 2.30. The number of carbonyl (C=O) groups excluding carboxylic acids is 1. The Kier molecular flexibility index (Phi) is 4.42. The van der Waals surface area contributed by atoms with E-state index in [2.05, 4.69) is 26.6 Å². The van der Waals surface area contributed by atoms with E-state index in [0.717, 1.165) is 10.2 Å². The summed E-state index contributed by atoms with van der Waals surface area (Å²) in [6.45, 7) is 2.46. The quantitative estimate of drug-likeness (QED) is 0.899. The number of hydrogen-bond donors (Lipinski definition) is 2. The van der Waals surface area contributed by atoms with Crippen LogP contribution in [0.4, 0.5) is 5.69 Å². The van der Waals surface area contributed by atoms with Crippen molar-refractivity contribution in [3.8, 4) is 0 Å². The molecule has 0 unspecified atom stereocenters. The second kappa shape index (κ2) is 5.37. The molecule has 3 nitrogen and oxygen atoms in total. The first-order chi connectivity index (χ1) is 7.10. The molecule has 0 bridgehead atoms. The van der Waals surface area contributed by atoms with Gasteiger partial charge in [-0.15, -0.1) is 0 Å². The van der Waals surface area contributed by atoms with E-state index >= 15 is 0 Å². The van der Waals surface area contributed by atoms with E-state index < -0.39 is 0 Å². The predicted octanol–water partition coefficient (Wildman–Crippen LogP) is 2.89. The maximum atomic E-state index is 11.7. The second-order valence-electron chi connectivity index (χ2n) is 2.92. The van der Waals surface area contributed by atoms with Gasteiger partial charge in [0.25, 0.3) is 5.91 Å². The lowest BCUT2D eigenvalue weighted by molar-refractivity contribution is 0.0956. The summed E-state index contributed by atoms with van der Waals surface area (Å²) in [7, 11) is 1.76. The van der Waals surface area contributed by atoms with Gasteiger partial charge in [0.2, 0.25) is 0 Å². The molecule has 0 heterocycles.